The van der Waals surface area contributed by atoms with Crippen LogP contribution in [0.5, 0.6) is 5.88 Å². The minimum atomic E-state index is -0.470. The Hall–Kier alpha value is -2.54. The van der Waals surface area contributed by atoms with Crippen LogP contribution in [-0.4, -0.2) is 20.9 Å². The molecule has 3 heterocycles. The summed E-state index contributed by atoms with van der Waals surface area (Å²) < 4.78 is 11.6. The van der Waals surface area contributed by atoms with Crippen molar-refractivity contribution in [1.29, 1.82) is 0 Å². The van der Waals surface area contributed by atoms with Crippen molar-refractivity contribution in [3.8, 4) is 17.1 Å². The molecule has 0 spiro atoms. The lowest BCUT2D eigenvalue weighted by molar-refractivity contribution is 0.195. The Morgan fingerprint density at radius 3 is 2.92 bits per heavy atom. The van der Waals surface area contributed by atoms with E-state index in [2.05, 4.69) is 27.4 Å². The molecule has 1 aromatic carbocycles. The van der Waals surface area contributed by atoms with Gasteiger partial charge in [-0.05, 0) is 24.6 Å². The van der Waals surface area contributed by atoms with Crippen molar-refractivity contribution in [3.05, 3.63) is 48.4 Å². The lowest BCUT2D eigenvalue weighted by atomic mass is 10.1. The fraction of sp³-hybridized carbons (Fsp3) is 0.278. The zero-order chi connectivity index (χ0) is 17.1. The number of fused-ring (bicyclic) bond motifs is 3. The van der Waals surface area contributed by atoms with Crippen LogP contribution in [0.15, 0.2) is 52.2 Å². The van der Waals surface area contributed by atoms with Crippen LogP contribution >= 0.6 is 11.8 Å². The van der Waals surface area contributed by atoms with Gasteiger partial charge in [-0.25, -0.2) is 0 Å². The highest BCUT2D eigenvalue weighted by atomic mass is 32.2. The molecule has 0 saturated carbocycles. The normalized spacial score (nSPS) is 15.5. The molecular weight excluding hydrogens is 336 g/mol. The van der Waals surface area contributed by atoms with Gasteiger partial charge in [0.25, 0.3) is 0 Å². The first-order valence-electron chi connectivity index (χ1n) is 8.28. The largest absolute Gasteiger partial charge is 0.463 e. The number of furan rings is 1. The third-order valence-electron chi connectivity index (χ3n) is 3.86. The van der Waals surface area contributed by atoms with Gasteiger partial charge in [-0.2, -0.15) is 4.98 Å². The number of para-hydroxylation sites is 1. The van der Waals surface area contributed by atoms with E-state index in [1.807, 2.05) is 36.4 Å². The third-order valence-corrected chi connectivity index (χ3v) is 4.79. The van der Waals surface area contributed by atoms with E-state index in [1.54, 1.807) is 18.0 Å². The first-order chi connectivity index (χ1) is 12.3. The van der Waals surface area contributed by atoms with E-state index in [1.165, 1.54) is 0 Å². The molecule has 2 aromatic heterocycles. The van der Waals surface area contributed by atoms with E-state index in [0.717, 1.165) is 29.8 Å². The highest BCUT2D eigenvalue weighted by Gasteiger charge is 2.27. The van der Waals surface area contributed by atoms with Gasteiger partial charge in [-0.1, -0.05) is 43.3 Å². The van der Waals surface area contributed by atoms with E-state index >= 15 is 0 Å². The zero-order valence-corrected chi connectivity index (χ0v) is 14.6. The van der Waals surface area contributed by atoms with Crippen molar-refractivity contribution in [2.45, 2.75) is 31.1 Å². The molecule has 128 valence electrons. The molecule has 4 rings (SSSR count). The lowest BCUT2D eigenvalue weighted by Gasteiger charge is -2.16. The predicted octanol–water partition coefficient (Wildman–Crippen LogP) is 4.53. The van der Waals surface area contributed by atoms with E-state index in [9.17, 15) is 0 Å². The lowest BCUT2D eigenvalue weighted by Crippen LogP contribution is -2.16. The second-order valence-electron chi connectivity index (χ2n) is 5.65. The molecule has 0 saturated heterocycles. The van der Waals surface area contributed by atoms with Gasteiger partial charge in [-0.3, -0.25) is 0 Å². The maximum absolute atomic E-state index is 6.10. The maximum Gasteiger partial charge on any atom is 0.247 e. The number of ether oxygens (including phenoxy) is 1. The van der Waals surface area contributed by atoms with Gasteiger partial charge in [0.2, 0.25) is 17.3 Å². The molecule has 0 bridgehead atoms. The molecule has 0 fully saturated rings. The van der Waals surface area contributed by atoms with E-state index in [4.69, 9.17) is 9.15 Å². The average molecular weight is 354 g/mol. The highest BCUT2D eigenvalue weighted by molar-refractivity contribution is 7.99. The summed E-state index contributed by atoms with van der Waals surface area (Å²) in [7, 11) is 0. The number of rotatable bonds is 5. The van der Waals surface area contributed by atoms with E-state index in [-0.39, 0.29) is 0 Å². The van der Waals surface area contributed by atoms with Gasteiger partial charge in [0.15, 0.2) is 11.5 Å². The van der Waals surface area contributed by atoms with E-state index in [0.29, 0.717) is 22.5 Å². The number of hydrogen-bond donors (Lipinski definition) is 1. The Morgan fingerprint density at radius 1 is 1.16 bits per heavy atom. The van der Waals surface area contributed by atoms with E-state index < -0.39 is 6.23 Å². The zero-order valence-electron chi connectivity index (χ0n) is 13.8. The molecule has 1 aliphatic rings. The average Bonchev–Trinajstić information content (AvgIpc) is 3.12. The van der Waals surface area contributed by atoms with Gasteiger partial charge in [0.05, 0.1) is 6.26 Å². The first-order valence-corrected chi connectivity index (χ1v) is 9.27. The summed E-state index contributed by atoms with van der Waals surface area (Å²) in [5.74, 6) is 2.11. The van der Waals surface area contributed by atoms with Gasteiger partial charge >= 0.3 is 0 Å². The monoisotopic (exact) mass is 354 g/mol. The van der Waals surface area contributed by atoms with Crippen LogP contribution in [-0.2, 0) is 0 Å². The SMILES string of the molecule is CCCCSc1nnc2c(n1)O[C@@H](c1ccco1)Nc1ccccc1-2. The Labute approximate surface area is 150 Å². The molecule has 0 radical (unpaired) electrons. The Morgan fingerprint density at radius 2 is 2.08 bits per heavy atom. The molecule has 0 aliphatic carbocycles. The number of aromatic nitrogens is 3. The molecule has 1 atom stereocenters. The van der Waals surface area contributed by atoms with Crippen LogP contribution in [0.4, 0.5) is 5.69 Å². The number of anilines is 1. The standard InChI is InChI=1S/C18H18N4O2S/c1-2-3-11-25-18-20-17-15(21-22-18)12-7-4-5-8-13(12)19-16(24-17)14-9-6-10-23-14/h4-10,16,19H,2-3,11H2,1H3/t16-/m0/s1. The van der Waals surface area contributed by atoms with Crippen molar-refractivity contribution in [3.63, 3.8) is 0 Å². The van der Waals surface area contributed by atoms with Crippen LogP contribution in [0.1, 0.15) is 31.8 Å². The maximum atomic E-state index is 6.10. The van der Waals surface area contributed by atoms with Crippen molar-refractivity contribution in [2.75, 3.05) is 11.1 Å². The number of unbranched alkanes of at least 4 members (excludes halogenated alkanes) is 1. The topological polar surface area (TPSA) is 73.1 Å². The first kappa shape index (κ1) is 16.0. The summed E-state index contributed by atoms with van der Waals surface area (Å²) in [5, 5.41) is 12.6. The molecule has 7 heteroatoms. The second kappa shape index (κ2) is 7.14. The Kier molecular flexibility index (Phi) is 4.56. The number of hydrogen-bond acceptors (Lipinski definition) is 7. The molecule has 0 unspecified atom stereocenters. The summed E-state index contributed by atoms with van der Waals surface area (Å²) in [4.78, 5) is 4.59. The summed E-state index contributed by atoms with van der Waals surface area (Å²) >= 11 is 1.60. The molecule has 1 aliphatic heterocycles. The number of nitrogens with zero attached hydrogens (tertiary/aromatic N) is 3. The molecular formula is C18H18N4O2S. The quantitative estimate of drug-likeness (QED) is 0.533. The van der Waals surface area contributed by atoms with Crippen LogP contribution in [0, 0.1) is 0 Å². The van der Waals surface area contributed by atoms with Crippen molar-refractivity contribution >= 4 is 17.4 Å². The molecule has 3 aromatic rings. The second-order valence-corrected chi connectivity index (χ2v) is 6.72. The summed E-state index contributed by atoms with van der Waals surface area (Å²) in [6, 6.07) is 11.6. The Bertz CT molecular complexity index is 854. The van der Waals surface area contributed by atoms with Gasteiger partial charge in [-0.15, -0.1) is 10.2 Å². The molecule has 6 nitrogen and oxygen atoms in total. The number of nitrogens with one attached hydrogen (secondary N) is 1. The smallest absolute Gasteiger partial charge is 0.247 e. The molecule has 25 heavy (non-hydrogen) atoms. The van der Waals surface area contributed by atoms with Gasteiger partial charge in [0, 0.05) is 17.0 Å². The molecule has 1 N–H and O–H groups in total. The third kappa shape index (κ3) is 3.32. The number of thioether (sulfide) groups is 1. The van der Waals surface area contributed by atoms with Gasteiger partial charge < -0.3 is 14.5 Å². The van der Waals surface area contributed by atoms with Crippen LogP contribution in [0.25, 0.3) is 11.3 Å². The van der Waals surface area contributed by atoms with Crippen molar-refractivity contribution in [1.82, 2.24) is 15.2 Å². The summed E-state index contributed by atoms with van der Waals surface area (Å²) in [5.41, 5.74) is 2.46. The van der Waals surface area contributed by atoms with Crippen molar-refractivity contribution in [2.24, 2.45) is 0 Å². The minimum absolute atomic E-state index is 0.466. The van der Waals surface area contributed by atoms with Crippen LogP contribution in [0.2, 0.25) is 0 Å². The predicted molar refractivity (Wildman–Crippen MR) is 96.6 cm³/mol. The number of benzene rings is 1. The highest BCUT2D eigenvalue weighted by Crippen LogP contribution is 2.39. The Balaban J connectivity index is 1.73. The fourth-order valence-electron chi connectivity index (χ4n) is 2.59. The fourth-order valence-corrected chi connectivity index (χ4v) is 3.45. The van der Waals surface area contributed by atoms with Crippen LogP contribution in [0.3, 0.4) is 0 Å². The molecule has 0 amide bonds. The van der Waals surface area contributed by atoms with Crippen LogP contribution < -0.4 is 10.1 Å². The van der Waals surface area contributed by atoms with Gasteiger partial charge in [0.1, 0.15) is 0 Å². The summed E-state index contributed by atoms with van der Waals surface area (Å²) in [6.45, 7) is 2.16. The minimum Gasteiger partial charge on any atom is -0.463 e. The van der Waals surface area contributed by atoms with Crippen molar-refractivity contribution < 1.29 is 9.15 Å². The summed E-state index contributed by atoms with van der Waals surface area (Å²) in [6.07, 6.45) is 3.41.